The van der Waals surface area contributed by atoms with E-state index in [4.69, 9.17) is 4.74 Å². The van der Waals surface area contributed by atoms with E-state index in [0.29, 0.717) is 6.04 Å². The van der Waals surface area contributed by atoms with Crippen molar-refractivity contribution in [1.82, 2.24) is 5.32 Å². The molecule has 1 rings (SSSR count). The van der Waals surface area contributed by atoms with Gasteiger partial charge in [-0.3, -0.25) is 0 Å². The van der Waals surface area contributed by atoms with Crippen molar-refractivity contribution in [2.24, 2.45) is 0 Å². The number of methoxy groups -OCH3 is 1. The van der Waals surface area contributed by atoms with Gasteiger partial charge in [-0.05, 0) is 43.5 Å². The Labute approximate surface area is 124 Å². The lowest BCUT2D eigenvalue weighted by atomic mass is 10.1. The molecule has 114 valence electrons. The van der Waals surface area contributed by atoms with Gasteiger partial charge in [0.05, 0.1) is 6.61 Å². The monoisotopic (exact) mass is 278 g/mol. The molecule has 20 heavy (non-hydrogen) atoms. The molecular weight excluding hydrogens is 248 g/mol. The molecule has 0 fully saturated rings. The minimum Gasteiger partial charge on any atom is -0.383 e. The lowest BCUT2D eigenvalue weighted by Crippen LogP contribution is -2.28. The third kappa shape index (κ3) is 5.14. The van der Waals surface area contributed by atoms with Crippen molar-refractivity contribution < 1.29 is 4.74 Å². The van der Waals surface area contributed by atoms with Crippen LogP contribution < -0.4 is 10.2 Å². The fourth-order valence-electron chi connectivity index (χ4n) is 2.36. The average molecular weight is 278 g/mol. The number of ether oxygens (including phenoxy) is 1. The van der Waals surface area contributed by atoms with Crippen LogP contribution >= 0.6 is 0 Å². The molecule has 0 aliphatic rings. The minimum absolute atomic E-state index is 0.588. The molecule has 0 spiro atoms. The lowest BCUT2D eigenvalue weighted by molar-refractivity contribution is 0.199. The largest absolute Gasteiger partial charge is 0.383 e. The Morgan fingerprint density at radius 3 is 2.70 bits per heavy atom. The Bertz CT molecular complexity index is 393. The van der Waals surface area contributed by atoms with Crippen molar-refractivity contribution in [3.8, 4) is 0 Å². The van der Waals surface area contributed by atoms with Gasteiger partial charge in [0.15, 0.2) is 0 Å². The van der Waals surface area contributed by atoms with E-state index in [1.165, 1.54) is 29.7 Å². The molecule has 3 nitrogen and oxygen atoms in total. The number of hydrogen-bond acceptors (Lipinski definition) is 3. The van der Waals surface area contributed by atoms with Crippen LogP contribution in [0.4, 0.5) is 5.69 Å². The molecule has 1 atom stereocenters. The molecule has 0 aromatic heterocycles. The zero-order chi connectivity index (χ0) is 15.0. The van der Waals surface area contributed by atoms with Crippen LogP contribution in [0.1, 0.15) is 37.8 Å². The highest BCUT2D eigenvalue weighted by Crippen LogP contribution is 2.21. The topological polar surface area (TPSA) is 24.5 Å². The third-order valence-electron chi connectivity index (χ3n) is 3.90. The van der Waals surface area contributed by atoms with Crippen LogP contribution in [0, 0.1) is 6.92 Å². The second-order valence-electron chi connectivity index (χ2n) is 5.53. The van der Waals surface area contributed by atoms with E-state index in [-0.39, 0.29) is 0 Å². The van der Waals surface area contributed by atoms with Crippen molar-refractivity contribution in [3.05, 3.63) is 29.3 Å². The Hall–Kier alpha value is -1.06. The summed E-state index contributed by atoms with van der Waals surface area (Å²) in [6, 6.07) is 7.34. The Kier molecular flexibility index (Phi) is 7.63. The zero-order valence-corrected chi connectivity index (χ0v) is 13.7. The summed E-state index contributed by atoms with van der Waals surface area (Å²) in [7, 11) is 3.92. The van der Waals surface area contributed by atoms with Gasteiger partial charge in [-0.25, -0.2) is 0 Å². The van der Waals surface area contributed by atoms with Gasteiger partial charge in [0.1, 0.15) is 0 Å². The molecule has 0 saturated carbocycles. The highest BCUT2D eigenvalue weighted by Gasteiger charge is 2.10. The smallest absolute Gasteiger partial charge is 0.0587 e. The normalized spacial score (nSPS) is 12.4. The molecule has 1 unspecified atom stereocenters. The molecule has 0 radical (unpaired) electrons. The van der Waals surface area contributed by atoms with Gasteiger partial charge >= 0.3 is 0 Å². The number of rotatable bonds is 9. The molecule has 0 aliphatic carbocycles. The predicted octanol–water partition coefficient (Wildman–Crippen LogP) is 3.36. The zero-order valence-electron chi connectivity index (χ0n) is 13.7. The summed E-state index contributed by atoms with van der Waals surface area (Å²) >= 11 is 0. The number of nitrogens with one attached hydrogen (secondary N) is 1. The maximum absolute atomic E-state index is 5.04. The molecule has 0 heterocycles. The van der Waals surface area contributed by atoms with Gasteiger partial charge in [-0.15, -0.1) is 0 Å². The van der Waals surface area contributed by atoms with E-state index < -0.39 is 0 Å². The van der Waals surface area contributed by atoms with Crippen LogP contribution in [0.25, 0.3) is 0 Å². The molecule has 3 heteroatoms. The van der Waals surface area contributed by atoms with Crippen LogP contribution in [0.5, 0.6) is 0 Å². The molecular formula is C17H30N2O. The number of benzene rings is 1. The Balaban J connectivity index is 2.62. The van der Waals surface area contributed by atoms with E-state index in [0.717, 1.165) is 19.7 Å². The summed E-state index contributed by atoms with van der Waals surface area (Å²) in [4.78, 5) is 2.37. The van der Waals surface area contributed by atoms with E-state index in [1.54, 1.807) is 7.11 Å². The average Bonchev–Trinajstić information content (AvgIpc) is 2.44. The van der Waals surface area contributed by atoms with Crippen molar-refractivity contribution in [3.63, 3.8) is 0 Å². The second-order valence-corrected chi connectivity index (χ2v) is 5.53. The first-order valence-corrected chi connectivity index (χ1v) is 7.62. The summed E-state index contributed by atoms with van der Waals surface area (Å²) in [5.74, 6) is 0. The van der Waals surface area contributed by atoms with Crippen molar-refractivity contribution in [2.75, 3.05) is 32.2 Å². The number of aryl methyl sites for hydroxylation is 1. The molecule has 0 saturated heterocycles. The van der Waals surface area contributed by atoms with E-state index in [9.17, 15) is 0 Å². The predicted molar refractivity (Wildman–Crippen MR) is 87.5 cm³/mol. The Morgan fingerprint density at radius 1 is 1.35 bits per heavy atom. The molecule has 0 aliphatic heterocycles. The Morgan fingerprint density at radius 2 is 2.10 bits per heavy atom. The standard InChI is InChI=1S/C17H30N2O/c1-6-7-15(3)19(4)17-9-8-16(14(2)12-17)13-18-10-11-20-5/h8-9,12,15,18H,6-7,10-11,13H2,1-5H3. The van der Waals surface area contributed by atoms with Gasteiger partial charge in [-0.2, -0.15) is 0 Å². The van der Waals surface area contributed by atoms with E-state index in [1.807, 2.05) is 0 Å². The van der Waals surface area contributed by atoms with Crippen LogP contribution in [-0.2, 0) is 11.3 Å². The van der Waals surface area contributed by atoms with E-state index >= 15 is 0 Å². The van der Waals surface area contributed by atoms with Gasteiger partial charge < -0.3 is 15.0 Å². The number of hydrogen-bond donors (Lipinski definition) is 1. The van der Waals surface area contributed by atoms with Gasteiger partial charge in [0.2, 0.25) is 0 Å². The number of anilines is 1. The van der Waals surface area contributed by atoms with Crippen molar-refractivity contribution in [1.29, 1.82) is 0 Å². The van der Waals surface area contributed by atoms with Gasteiger partial charge in [0.25, 0.3) is 0 Å². The molecule has 0 amide bonds. The van der Waals surface area contributed by atoms with Crippen LogP contribution in [0.15, 0.2) is 18.2 Å². The number of nitrogens with zero attached hydrogens (tertiary/aromatic N) is 1. The first kappa shape index (κ1) is 17.0. The maximum Gasteiger partial charge on any atom is 0.0587 e. The highest BCUT2D eigenvalue weighted by molar-refractivity contribution is 5.50. The third-order valence-corrected chi connectivity index (χ3v) is 3.90. The molecule has 1 N–H and O–H groups in total. The quantitative estimate of drug-likeness (QED) is 0.701. The fourth-order valence-corrected chi connectivity index (χ4v) is 2.36. The SMILES string of the molecule is CCCC(C)N(C)c1ccc(CNCCOC)c(C)c1. The first-order chi connectivity index (χ1) is 9.60. The summed E-state index contributed by atoms with van der Waals surface area (Å²) in [6.45, 7) is 9.28. The van der Waals surface area contributed by atoms with Gasteiger partial charge in [0, 0.05) is 39.0 Å². The summed E-state index contributed by atoms with van der Waals surface area (Å²) in [6.07, 6.45) is 2.46. The summed E-state index contributed by atoms with van der Waals surface area (Å²) < 4.78 is 5.04. The minimum atomic E-state index is 0.588. The van der Waals surface area contributed by atoms with E-state index in [2.05, 4.69) is 56.2 Å². The summed E-state index contributed by atoms with van der Waals surface area (Å²) in [5.41, 5.74) is 4.02. The lowest BCUT2D eigenvalue weighted by Gasteiger charge is -2.27. The second kappa shape index (κ2) is 8.98. The van der Waals surface area contributed by atoms with Crippen LogP contribution in [0.3, 0.4) is 0 Å². The van der Waals surface area contributed by atoms with Crippen molar-refractivity contribution >= 4 is 5.69 Å². The highest BCUT2D eigenvalue weighted by atomic mass is 16.5. The molecule has 1 aromatic carbocycles. The summed E-state index contributed by atoms with van der Waals surface area (Å²) in [5, 5.41) is 3.40. The maximum atomic E-state index is 5.04. The fraction of sp³-hybridized carbons (Fsp3) is 0.647. The van der Waals surface area contributed by atoms with Crippen molar-refractivity contribution in [2.45, 2.75) is 46.2 Å². The molecule has 1 aromatic rings. The van der Waals surface area contributed by atoms with Gasteiger partial charge in [-0.1, -0.05) is 19.4 Å². The first-order valence-electron chi connectivity index (χ1n) is 7.62. The molecule has 0 bridgehead atoms. The van der Waals surface area contributed by atoms with Crippen LogP contribution in [0.2, 0.25) is 0 Å². The van der Waals surface area contributed by atoms with Crippen LogP contribution in [-0.4, -0.2) is 33.4 Å².